The summed E-state index contributed by atoms with van der Waals surface area (Å²) in [6, 6.07) is 156. The molecule has 0 fully saturated rings. The summed E-state index contributed by atoms with van der Waals surface area (Å²) in [5.74, 6) is 7.57. The molecule has 8 aliphatic rings. The van der Waals surface area contributed by atoms with Crippen LogP contribution < -0.4 is 94.3 Å². The number of hydrogen-bond acceptors (Lipinski definition) is 6. The number of anilines is 6. The Kier molecular flexibility index (Phi) is 16.6. The SMILES string of the molecule is Cc1ccc2c(c1)B1c3c(cccc3-n3c4ccccc4c4cccc1c43)O2.Cc1cccc2c1B1c3c(cccc3-n3c4ccccc4c4cccc1c43)O2.c1ccc(N(c2ccccc2)c2ccc3c(c2)Oc2cccc4c2B3c2cccc3c5ccccc5n-4c23)cc1.c1ccc(N(c2ccccc2)c2cccc3c2Oc2cccc4c2B3c2cccc3c5ccccc5n-4c23)cc1. The summed E-state index contributed by atoms with van der Waals surface area (Å²) in [6.45, 7) is 4.93. The third kappa shape index (κ3) is 11.0. The second-order valence-corrected chi connectivity index (χ2v) is 36.7. The summed E-state index contributed by atoms with van der Waals surface area (Å²) in [6.07, 6.45) is 0. The van der Waals surface area contributed by atoms with E-state index in [2.05, 4.69) is 479 Å². The molecule has 0 atom stereocenters. The maximum Gasteiger partial charge on any atom is 0.256 e. The first kappa shape index (κ1) is 76.4. The Morgan fingerprint density at radius 3 is 0.963 bits per heavy atom. The van der Waals surface area contributed by atoms with Crippen molar-refractivity contribution in [3.63, 3.8) is 0 Å². The second-order valence-electron chi connectivity index (χ2n) is 36.7. The van der Waals surface area contributed by atoms with Crippen molar-refractivity contribution < 1.29 is 18.9 Å². The Bertz CT molecular complexity index is 9150. The fourth-order valence-corrected chi connectivity index (χ4v) is 24.2. The summed E-state index contributed by atoms with van der Waals surface area (Å²) in [4.78, 5) is 4.59. The van der Waals surface area contributed by atoms with E-state index in [9.17, 15) is 0 Å². The minimum atomic E-state index is 0.0730. The number of rotatable bonds is 6. The number of aryl methyl sites for hydroxylation is 2. The number of benzene rings is 20. The molecule has 0 bridgehead atoms. The smallest absolute Gasteiger partial charge is 0.256 e. The normalized spacial score (nSPS) is 13.0. The van der Waals surface area contributed by atoms with Gasteiger partial charge in [0.25, 0.3) is 26.9 Å². The lowest BCUT2D eigenvalue weighted by molar-refractivity contribution is 0.486. The highest BCUT2D eigenvalue weighted by Gasteiger charge is 2.47. The average molecular weight is 1740 g/mol. The summed E-state index contributed by atoms with van der Waals surface area (Å²) < 4.78 is 36.2. The van der Waals surface area contributed by atoms with Gasteiger partial charge in [0.1, 0.15) is 46.0 Å². The predicted octanol–water partition coefficient (Wildman–Crippen LogP) is 22.4. The standard InChI is InChI=1S/2C36H23BN2O.2C25H16BNO/c1-3-12-24(13-4-1)38(25-14-5-2-6-15-25)32-22-10-19-29-36(32)40-33-23-11-21-31-34(33)37(29)28-18-9-17-27-26-16-7-8-20-30(26)39(31)35(27)28;1-3-11-24(12-4-1)38(25-13-5-2-6-14-25)26-21-22-29-34(23-26)40-33-20-10-19-32-35(33)37(29)30-17-9-16-28-27-15-7-8-18-31(27)39(32)36(28)30;1-15-7-4-13-21-23(15)26-18-10-5-9-17-16-8-2-3-11-19(16)27(25(17)18)20-12-6-14-22(28-21)24(20)26;1-15-12-13-22-19(14-15)26-18-8-4-7-17-16-6-2-3-9-20(16)27(25(17)18)21-10-5-11-23(28-22)24(21)26/h2*1-23H;2*2-14H,1H3. The Hall–Kier alpha value is -17.3. The van der Waals surface area contributed by atoms with Gasteiger partial charge < -0.3 is 47.0 Å². The third-order valence-electron chi connectivity index (χ3n) is 29.6. The molecule has 0 amide bonds. The molecule has 8 aliphatic heterocycles. The zero-order valence-corrected chi connectivity index (χ0v) is 74.2. The van der Waals surface area contributed by atoms with E-state index in [1.54, 1.807) is 0 Å². The number of aromatic nitrogens is 4. The third-order valence-corrected chi connectivity index (χ3v) is 29.6. The van der Waals surface area contributed by atoms with E-state index in [0.717, 1.165) is 80.1 Å². The Morgan fingerprint density at radius 2 is 0.522 bits per heavy atom. The van der Waals surface area contributed by atoms with Crippen LogP contribution in [0.4, 0.5) is 34.1 Å². The molecule has 0 spiro atoms. The number of nitrogens with zero attached hydrogens (tertiary/aromatic N) is 6. The summed E-state index contributed by atoms with van der Waals surface area (Å²) in [5, 5.41) is 10.4. The van der Waals surface area contributed by atoms with Crippen molar-refractivity contribution >= 4 is 214 Å². The first-order chi connectivity index (χ1) is 67.4. The topological polar surface area (TPSA) is 63.1 Å². The molecule has 0 saturated carbocycles. The van der Waals surface area contributed by atoms with Gasteiger partial charge in [0.05, 0.1) is 27.8 Å². The van der Waals surface area contributed by atoms with Crippen LogP contribution in [0.1, 0.15) is 11.1 Å². The van der Waals surface area contributed by atoms with Crippen LogP contribution >= 0.6 is 0 Å². The van der Waals surface area contributed by atoms with Gasteiger partial charge in [-0.25, -0.2) is 0 Å². The van der Waals surface area contributed by atoms with Gasteiger partial charge in [-0.05, 0) is 225 Å². The van der Waals surface area contributed by atoms with Gasteiger partial charge in [0, 0.05) is 122 Å². The van der Waals surface area contributed by atoms with E-state index in [-0.39, 0.29) is 26.9 Å². The Balaban J connectivity index is 0.0000000891. The molecular formula is C122H78B4N6O4. The molecule has 24 aromatic rings. The van der Waals surface area contributed by atoms with Crippen molar-refractivity contribution in [1.29, 1.82) is 0 Å². The summed E-state index contributed by atoms with van der Waals surface area (Å²) >= 11 is 0. The van der Waals surface area contributed by atoms with E-state index in [1.165, 1.54) is 187 Å². The van der Waals surface area contributed by atoms with Gasteiger partial charge in [-0.15, -0.1) is 0 Å². The van der Waals surface area contributed by atoms with Gasteiger partial charge in [-0.2, -0.15) is 0 Å². The highest BCUT2D eigenvalue weighted by atomic mass is 16.5. The van der Waals surface area contributed by atoms with E-state index in [4.69, 9.17) is 18.9 Å². The number of fused-ring (bicyclic) bond motifs is 28. The van der Waals surface area contributed by atoms with E-state index >= 15 is 0 Å². The molecule has 10 nitrogen and oxygen atoms in total. The average Bonchev–Trinajstić information content (AvgIpc) is 1.50. The molecule has 20 aromatic carbocycles. The molecule has 632 valence electrons. The van der Waals surface area contributed by atoms with Crippen molar-refractivity contribution in [3.8, 4) is 68.7 Å². The van der Waals surface area contributed by atoms with Crippen LogP contribution in [0.5, 0.6) is 46.0 Å². The molecule has 0 aliphatic carbocycles. The second kappa shape index (κ2) is 29.6. The van der Waals surface area contributed by atoms with Gasteiger partial charge in [-0.1, -0.05) is 296 Å². The molecular weight excluding hydrogens is 1660 g/mol. The van der Waals surface area contributed by atoms with E-state index in [0.29, 0.717) is 0 Å². The zero-order chi connectivity index (χ0) is 89.2. The maximum atomic E-state index is 6.92. The lowest BCUT2D eigenvalue weighted by Crippen LogP contribution is -2.59. The lowest BCUT2D eigenvalue weighted by atomic mass is 9.34. The molecule has 0 saturated heterocycles. The van der Waals surface area contributed by atoms with Crippen molar-refractivity contribution in [2.45, 2.75) is 13.8 Å². The summed E-state index contributed by atoms with van der Waals surface area (Å²) in [7, 11) is 0. The maximum absolute atomic E-state index is 6.92. The van der Waals surface area contributed by atoms with E-state index < -0.39 is 0 Å². The highest BCUT2D eigenvalue weighted by Crippen LogP contribution is 2.48. The lowest BCUT2D eigenvalue weighted by Gasteiger charge is -2.36. The van der Waals surface area contributed by atoms with Crippen molar-refractivity contribution in [3.05, 3.63) is 448 Å². The predicted molar refractivity (Wildman–Crippen MR) is 567 cm³/mol. The van der Waals surface area contributed by atoms with Crippen LogP contribution in [-0.4, -0.2) is 45.1 Å². The van der Waals surface area contributed by atoms with Crippen LogP contribution in [0, 0.1) is 13.8 Å². The molecule has 0 N–H and O–H groups in total. The quantitative estimate of drug-likeness (QED) is 0.155. The van der Waals surface area contributed by atoms with Crippen LogP contribution in [0.15, 0.2) is 437 Å². The van der Waals surface area contributed by atoms with Crippen LogP contribution in [0.25, 0.3) is 110 Å². The number of ether oxygens (including phenoxy) is 4. The molecule has 136 heavy (non-hydrogen) atoms. The summed E-state index contributed by atoms with van der Waals surface area (Å²) in [5.41, 5.74) is 39.5. The van der Waals surface area contributed by atoms with E-state index in [1.807, 2.05) is 0 Å². The molecule has 4 aromatic heterocycles. The molecule has 0 unspecified atom stereocenters. The first-order valence-corrected chi connectivity index (χ1v) is 47.0. The monoisotopic (exact) mass is 1730 g/mol. The molecule has 0 radical (unpaired) electrons. The Morgan fingerprint density at radius 1 is 0.199 bits per heavy atom. The van der Waals surface area contributed by atoms with Crippen molar-refractivity contribution in [2.24, 2.45) is 0 Å². The molecule has 12 heterocycles. The first-order valence-electron chi connectivity index (χ1n) is 47.0. The fourth-order valence-electron chi connectivity index (χ4n) is 24.2. The Labute approximate surface area is 785 Å². The zero-order valence-electron chi connectivity index (χ0n) is 74.2. The molecule has 32 rings (SSSR count). The van der Waals surface area contributed by atoms with Gasteiger partial charge >= 0.3 is 0 Å². The minimum absolute atomic E-state index is 0.0730. The number of para-hydroxylation sites is 13. The van der Waals surface area contributed by atoms with Crippen LogP contribution in [-0.2, 0) is 0 Å². The van der Waals surface area contributed by atoms with Crippen molar-refractivity contribution in [1.82, 2.24) is 18.3 Å². The van der Waals surface area contributed by atoms with Gasteiger partial charge in [0.2, 0.25) is 0 Å². The molecule has 14 heteroatoms. The highest BCUT2D eigenvalue weighted by molar-refractivity contribution is 7.01. The van der Waals surface area contributed by atoms with Gasteiger partial charge in [0.15, 0.2) is 0 Å². The fraction of sp³-hybridized carbons (Fsp3) is 0.0164. The van der Waals surface area contributed by atoms with Crippen LogP contribution in [0.2, 0.25) is 0 Å². The van der Waals surface area contributed by atoms with Crippen LogP contribution in [0.3, 0.4) is 0 Å². The largest absolute Gasteiger partial charge is 0.458 e. The minimum Gasteiger partial charge on any atom is -0.458 e. The van der Waals surface area contributed by atoms with Crippen molar-refractivity contribution in [2.75, 3.05) is 9.80 Å². The number of hydrogen-bond donors (Lipinski definition) is 0. The van der Waals surface area contributed by atoms with Gasteiger partial charge in [-0.3, -0.25) is 0 Å².